The highest BCUT2D eigenvalue weighted by Gasteiger charge is 2.38. The van der Waals surface area contributed by atoms with Gasteiger partial charge in [-0.25, -0.2) is 0 Å². The molecule has 2 unspecified atom stereocenters. The molecule has 1 saturated carbocycles. The fourth-order valence-corrected chi connectivity index (χ4v) is 10.0. The van der Waals surface area contributed by atoms with Gasteiger partial charge in [0.05, 0.1) is 0 Å². The van der Waals surface area contributed by atoms with E-state index >= 15 is 0 Å². The second kappa shape index (κ2) is 26.2. The summed E-state index contributed by atoms with van der Waals surface area (Å²) in [4.78, 5) is 1.38. The lowest BCUT2D eigenvalue weighted by molar-refractivity contribution is 0.314. The van der Waals surface area contributed by atoms with Crippen LogP contribution in [0.5, 0.6) is 0 Å². The third-order valence-corrected chi connectivity index (χ3v) is 13.5. The van der Waals surface area contributed by atoms with Gasteiger partial charge in [-0.15, -0.1) is 11.3 Å². The van der Waals surface area contributed by atoms with Crippen LogP contribution in [0.2, 0.25) is 0 Å². The Kier molecular flexibility index (Phi) is 21.2. The van der Waals surface area contributed by atoms with Crippen molar-refractivity contribution >= 4 is 11.3 Å². The van der Waals surface area contributed by atoms with Crippen molar-refractivity contribution in [2.45, 2.75) is 137 Å². The fourth-order valence-electron chi connectivity index (χ4n) is 9.23. The van der Waals surface area contributed by atoms with Gasteiger partial charge in [-0.1, -0.05) is 233 Å². The number of aryl methyl sites for hydroxylation is 1. The van der Waals surface area contributed by atoms with Crippen molar-refractivity contribution in [3.8, 4) is 10.4 Å². The molecule has 0 aliphatic heterocycles. The van der Waals surface area contributed by atoms with Crippen LogP contribution in [0.1, 0.15) is 147 Å². The summed E-state index contributed by atoms with van der Waals surface area (Å²) in [5.41, 5.74) is 9.34. The molecule has 0 radical (unpaired) electrons. The van der Waals surface area contributed by atoms with Gasteiger partial charge in [0.25, 0.3) is 0 Å². The largest absolute Gasteiger partial charge is 0.144 e. The van der Waals surface area contributed by atoms with Gasteiger partial charge >= 0.3 is 0 Å². The summed E-state index contributed by atoms with van der Waals surface area (Å²) < 4.78 is 0. The second-order valence-electron chi connectivity index (χ2n) is 18.5. The summed E-state index contributed by atoms with van der Waals surface area (Å²) in [6.07, 6.45) is 11.7. The summed E-state index contributed by atoms with van der Waals surface area (Å²) in [6.45, 7) is 20.8. The predicted octanol–water partition coefficient (Wildman–Crippen LogP) is 18.1. The summed E-state index contributed by atoms with van der Waals surface area (Å²) in [6, 6.07) is 56.7. The van der Waals surface area contributed by atoms with Gasteiger partial charge in [-0.05, 0) is 124 Å². The zero-order valence-corrected chi connectivity index (χ0v) is 39.6. The smallest absolute Gasteiger partial charge is 0.0345 e. The van der Waals surface area contributed by atoms with Gasteiger partial charge in [-0.3, -0.25) is 0 Å². The maximum Gasteiger partial charge on any atom is 0.0345 e. The van der Waals surface area contributed by atoms with Crippen LogP contribution in [0, 0.1) is 23.7 Å². The van der Waals surface area contributed by atoms with Crippen LogP contribution in [-0.2, 0) is 18.3 Å². The van der Waals surface area contributed by atoms with Gasteiger partial charge in [0.15, 0.2) is 0 Å². The van der Waals surface area contributed by atoms with E-state index in [1.165, 1.54) is 84.1 Å². The number of thiophene rings is 1. The fraction of sp³-hybridized carbons (Fsp3) is 0.424. The maximum absolute atomic E-state index is 2.37. The first kappa shape index (κ1) is 48.5. The average molecular weight is 819 g/mol. The van der Waals surface area contributed by atoms with E-state index in [1.54, 1.807) is 5.56 Å². The average Bonchev–Trinajstić information content (AvgIpc) is 4.00. The van der Waals surface area contributed by atoms with Crippen LogP contribution in [0.15, 0.2) is 163 Å². The van der Waals surface area contributed by atoms with Crippen LogP contribution in [0.4, 0.5) is 0 Å². The first-order valence-corrected chi connectivity index (χ1v) is 24.2. The Morgan fingerprint density at radius 1 is 0.517 bits per heavy atom. The minimum Gasteiger partial charge on any atom is -0.144 e. The van der Waals surface area contributed by atoms with Crippen molar-refractivity contribution in [1.82, 2.24) is 0 Å². The Morgan fingerprint density at radius 3 is 1.47 bits per heavy atom. The van der Waals surface area contributed by atoms with E-state index in [0.717, 1.165) is 24.2 Å². The molecule has 1 aliphatic carbocycles. The molecule has 1 fully saturated rings. The molecule has 1 heteroatoms. The first-order valence-electron chi connectivity index (χ1n) is 23.4. The van der Waals surface area contributed by atoms with E-state index in [4.69, 9.17) is 0 Å². The quantitative estimate of drug-likeness (QED) is 0.103. The van der Waals surface area contributed by atoms with Gasteiger partial charge in [0, 0.05) is 4.88 Å². The third kappa shape index (κ3) is 15.4. The molecule has 0 saturated heterocycles. The Bertz CT molecular complexity index is 1930. The minimum atomic E-state index is 0.487. The van der Waals surface area contributed by atoms with Crippen molar-refractivity contribution < 1.29 is 0 Å². The molecule has 0 N–H and O–H groups in total. The molecule has 60 heavy (non-hydrogen) atoms. The van der Waals surface area contributed by atoms with E-state index in [9.17, 15) is 0 Å². The molecule has 0 spiro atoms. The topological polar surface area (TPSA) is 0 Å². The third-order valence-electron chi connectivity index (χ3n) is 12.6. The highest BCUT2D eigenvalue weighted by atomic mass is 32.1. The summed E-state index contributed by atoms with van der Waals surface area (Å²) in [5, 5.41) is 2.14. The Labute approximate surface area is 371 Å². The van der Waals surface area contributed by atoms with E-state index < -0.39 is 0 Å². The normalized spacial score (nSPS) is 14.1. The molecule has 0 amide bonds. The lowest BCUT2D eigenvalue weighted by atomic mass is 9.70. The van der Waals surface area contributed by atoms with Gasteiger partial charge in [-0.2, -0.15) is 0 Å². The van der Waals surface area contributed by atoms with E-state index in [0.29, 0.717) is 23.2 Å². The Balaban J connectivity index is 0.000000178. The standard InChI is InChI=1S/C18H22.C14H16S.C14H20.C13H20/c1-15(2)18(17-11-7-4-8-12-17)14-13-16-9-5-3-6-10-16;1-11(2)10-12-6-3-4-7-13(12)14-8-5-9-15-14;1-12(2)14(10-6-7-11-14)13-8-4-3-5-9-13;1-4-8-13(11(2)3)12-9-6-5-7-10-12/h3-12,15,18H,13-14H2,1-2H3;3-9,11H,10H2,1-2H3;3-5,8-9,12H,6-7,10-11H2,1-2H3;5-7,9-11,13H,4,8H2,1-3H3. The number of benzene rings is 5. The molecule has 0 bridgehead atoms. The maximum atomic E-state index is 2.37. The number of hydrogen-bond acceptors (Lipinski definition) is 1. The number of rotatable bonds is 14. The molecular formula is C59H78S. The highest BCUT2D eigenvalue weighted by molar-refractivity contribution is 7.13. The van der Waals surface area contributed by atoms with Crippen molar-refractivity contribution in [3.05, 3.63) is 191 Å². The Morgan fingerprint density at radius 2 is 1.00 bits per heavy atom. The second-order valence-corrected chi connectivity index (χ2v) is 19.4. The zero-order valence-electron chi connectivity index (χ0n) is 38.8. The SMILES string of the molecule is CC(C)C(CCc1ccccc1)c1ccccc1.CC(C)C1(c2ccccc2)CCCC1.CC(C)Cc1ccccc1-c1cccs1.CCCC(c1ccccc1)C(C)C. The molecule has 6 aromatic rings. The molecule has 1 heterocycles. The predicted molar refractivity (Wildman–Crippen MR) is 267 cm³/mol. The van der Waals surface area contributed by atoms with Crippen LogP contribution >= 0.6 is 11.3 Å². The monoisotopic (exact) mass is 819 g/mol. The van der Waals surface area contributed by atoms with Crippen molar-refractivity contribution in [1.29, 1.82) is 0 Å². The van der Waals surface area contributed by atoms with E-state index in [1.807, 2.05) is 11.3 Å². The lowest BCUT2D eigenvalue weighted by Crippen LogP contribution is -2.28. The summed E-state index contributed by atoms with van der Waals surface area (Å²) in [7, 11) is 0. The molecule has 2 atom stereocenters. The molecule has 7 rings (SSSR count). The van der Waals surface area contributed by atoms with Crippen LogP contribution in [-0.4, -0.2) is 0 Å². The molecule has 0 nitrogen and oxygen atoms in total. The molecule has 1 aliphatic rings. The summed E-state index contributed by atoms with van der Waals surface area (Å²) in [5.74, 6) is 4.33. The molecule has 1 aromatic heterocycles. The van der Waals surface area contributed by atoms with Gasteiger partial charge in [0.1, 0.15) is 0 Å². The number of hydrogen-bond donors (Lipinski definition) is 0. The van der Waals surface area contributed by atoms with Crippen molar-refractivity contribution in [2.24, 2.45) is 23.7 Å². The first-order chi connectivity index (χ1) is 29.1. The van der Waals surface area contributed by atoms with Crippen molar-refractivity contribution in [2.75, 3.05) is 0 Å². The van der Waals surface area contributed by atoms with Crippen LogP contribution in [0.3, 0.4) is 0 Å². The zero-order chi connectivity index (χ0) is 43.2. The minimum absolute atomic E-state index is 0.487. The lowest BCUT2D eigenvalue weighted by Gasteiger charge is -2.34. The van der Waals surface area contributed by atoms with Gasteiger partial charge < -0.3 is 0 Å². The summed E-state index contributed by atoms with van der Waals surface area (Å²) >= 11 is 1.82. The molecule has 320 valence electrons. The van der Waals surface area contributed by atoms with Crippen LogP contribution < -0.4 is 0 Å². The van der Waals surface area contributed by atoms with E-state index in [2.05, 4.69) is 225 Å². The van der Waals surface area contributed by atoms with Crippen LogP contribution in [0.25, 0.3) is 10.4 Å². The van der Waals surface area contributed by atoms with Crippen molar-refractivity contribution in [3.63, 3.8) is 0 Å². The highest BCUT2D eigenvalue weighted by Crippen LogP contribution is 2.46. The Hall–Kier alpha value is -4.20. The van der Waals surface area contributed by atoms with E-state index in [-0.39, 0.29) is 0 Å². The van der Waals surface area contributed by atoms with Gasteiger partial charge in [0.2, 0.25) is 0 Å². The molecule has 5 aromatic carbocycles. The molecular weight excluding hydrogens is 741 g/mol.